The average molecular weight is 261 g/mol. The molecule has 0 aliphatic carbocycles. The number of hydrogen-bond donors (Lipinski definition) is 0. The van der Waals surface area contributed by atoms with Gasteiger partial charge in [-0.15, -0.1) is 11.3 Å². The van der Waals surface area contributed by atoms with Crippen molar-refractivity contribution < 1.29 is 4.79 Å². The number of anilines is 2. The summed E-state index contributed by atoms with van der Waals surface area (Å²) in [4.78, 5) is 20.0. The lowest BCUT2D eigenvalue weighted by Crippen LogP contribution is -2.26. The zero-order valence-corrected chi connectivity index (χ0v) is 11.4. The van der Waals surface area contributed by atoms with Gasteiger partial charge in [0.25, 0.3) is 5.91 Å². The van der Waals surface area contributed by atoms with Gasteiger partial charge in [0.05, 0.1) is 0 Å². The quantitative estimate of drug-likeness (QED) is 0.851. The van der Waals surface area contributed by atoms with Crippen LogP contribution in [0.1, 0.15) is 10.4 Å². The number of benzene rings is 1. The van der Waals surface area contributed by atoms with Crippen LogP contribution in [0.3, 0.4) is 0 Å². The first-order chi connectivity index (χ1) is 8.59. The van der Waals surface area contributed by atoms with Crippen LogP contribution in [0.15, 0.2) is 35.8 Å². The molecule has 0 N–H and O–H groups in total. The Labute approximate surface area is 110 Å². The number of rotatable bonds is 3. The van der Waals surface area contributed by atoms with Crippen LogP contribution in [-0.2, 0) is 0 Å². The smallest absolute Gasteiger partial charge is 0.259 e. The monoisotopic (exact) mass is 261 g/mol. The molecule has 0 radical (unpaired) electrons. The SMILES string of the molecule is CN(C)c1cccc(C(=O)N(C)c2nccs2)c1. The molecule has 18 heavy (non-hydrogen) atoms. The van der Waals surface area contributed by atoms with E-state index < -0.39 is 0 Å². The van der Waals surface area contributed by atoms with Crippen molar-refractivity contribution in [3.63, 3.8) is 0 Å². The zero-order chi connectivity index (χ0) is 13.1. The Hall–Kier alpha value is -1.88. The predicted octanol–water partition coefficient (Wildman–Crippen LogP) is 2.49. The molecular weight excluding hydrogens is 246 g/mol. The molecule has 0 aliphatic heterocycles. The summed E-state index contributed by atoms with van der Waals surface area (Å²) >= 11 is 1.45. The number of hydrogen-bond acceptors (Lipinski definition) is 4. The van der Waals surface area contributed by atoms with Crippen LogP contribution in [0.5, 0.6) is 0 Å². The summed E-state index contributed by atoms with van der Waals surface area (Å²) in [5, 5.41) is 2.56. The first-order valence-corrected chi connectivity index (χ1v) is 6.42. The largest absolute Gasteiger partial charge is 0.378 e. The van der Waals surface area contributed by atoms with Crippen LogP contribution in [0.25, 0.3) is 0 Å². The molecule has 0 unspecified atom stereocenters. The maximum absolute atomic E-state index is 12.3. The van der Waals surface area contributed by atoms with Gasteiger partial charge in [0.15, 0.2) is 5.13 Å². The van der Waals surface area contributed by atoms with Crippen molar-refractivity contribution in [1.82, 2.24) is 4.98 Å². The minimum Gasteiger partial charge on any atom is -0.378 e. The van der Waals surface area contributed by atoms with Gasteiger partial charge in [-0.25, -0.2) is 4.98 Å². The van der Waals surface area contributed by atoms with Crippen LogP contribution in [0.2, 0.25) is 0 Å². The molecule has 1 aromatic carbocycles. The van der Waals surface area contributed by atoms with E-state index in [0.717, 1.165) is 5.69 Å². The number of aromatic nitrogens is 1. The molecule has 5 heteroatoms. The molecule has 2 rings (SSSR count). The summed E-state index contributed by atoms with van der Waals surface area (Å²) in [5.41, 5.74) is 1.67. The van der Waals surface area contributed by atoms with Gasteiger partial charge in [0.2, 0.25) is 0 Å². The summed E-state index contributed by atoms with van der Waals surface area (Å²) in [6.45, 7) is 0. The predicted molar refractivity (Wildman–Crippen MR) is 75.6 cm³/mol. The Balaban J connectivity index is 2.26. The fourth-order valence-corrected chi connectivity index (χ4v) is 2.19. The molecule has 0 fully saturated rings. The van der Waals surface area contributed by atoms with Gasteiger partial charge in [-0.3, -0.25) is 9.69 Å². The van der Waals surface area contributed by atoms with Crippen molar-refractivity contribution in [3.8, 4) is 0 Å². The highest BCUT2D eigenvalue weighted by Crippen LogP contribution is 2.20. The molecule has 1 aromatic heterocycles. The molecular formula is C13H15N3OS. The minimum absolute atomic E-state index is 0.0475. The van der Waals surface area contributed by atoms with Crippen molar-refractivity contribution >= 4 is 28.1 Å². The second-order valence-corrected chi connectivity index (χ2v) is 5.00. The summed E-state index contributed by atoms with van der Waals surface area (Å²) in [7, 11) is 5.64. The normalized spacial score (nSPS) is 10.2. The van der Waals surface area contributed by atoms with Gasteiger partial charge in [-0.1, -0.05) is 6.07 Å². The first-order valence-electron chi connectivity index (χ1n) is 5.54. The Bertz CT molecular complexity index is 537. The van der Waals surface area contributed by atoms with E-state index >= 15 is 0 Å². The van der Waals surface area contributed by atoms with Gasteiger partial charge in [0, 0.05) is 44.0 Å². The highest BCUT2D eigenvalue weighted by atomic mass is 32.1. The second-order valence-electron chi connectivity index (χ2n) is 4.12. The third-order valence-electron chi connectivity index (χ3n) is 2.62. The molecule has 0 saturated carbocycles. The number of nitrogens with zero attached hydrogens (tertiary/aromatic N) is 3. The Morgan fingerprint density at radius 1 is 1.28 bits per heavy atom. The summed E-state index contributed by atoms with van der Waals surface area (Å²) < 4.78 is 0. The van der Waals surface area contributed by atoms with Gasteiger partial charge in [-0.05, 0) is 18.2 Å². The molecule has 1 amide bonds. The van der Waals surface area contributed by atoms with E-state index in [4.69, 9.17) is 0 Å². The van der Waals surface area contributed by atoms with E-state index in [2.05, 4.69) is 4.98 Å². The molecule has 0 bridgehead atoms. The van der Waals surface area contributed by atoms with Crippen LogP contribution in [0.4, 0.5) is 10.8 Å². The molecule has 0 aliphatic rings. The van der Waals surface area contributed by atoms with E-state index in [1.54, 1.807) is 18.1 Å². The highest BCUT2D eigenvalue weighted by Gasteiger charge is 2.15. The Morgan fingerprint density at radius 3 is 2.67 bits per heavy atom. The van der Waals surface area contributed by atoms with E-state index in [1.165, 1.54) is 11.3 Å². The molecule has 0 atom stereocenters. The van der Waals surface area contributed by atoms with Gasteiger partial charge in [-0.2, -0.15) is 0 Å². The van der Waals surface area contributed by atoms with Crippen LogP contribution < -0.4 is 9.80 Å². The maximum atomic E-state index is 12.3. The topological polar surface area (TPSA) is 36.4 Å². The van der Waals surface area contributed by atoms with Crippen molar-refractivity contribution in [2.45, 2.75) is 0 Å². The fourth-order valence-electron chi connectivity index (χ4n) is 1.58. The lowest BCUT2D eigenvalue weighted by molar-refractivity contribution is 0.0993. The van der Waals surface area contributed by atoms with E-state index in [-0.39, 0.29) is 5.91 Å². The summed E-state index contributed by atoms with van der Waals surface area (Å²) in [6.07, 6.45) is 1.69. The van der Waals surface area contributed by atoms with Crippen molar-refractivity contribution in [3.05, 3.63) is 41.4 Å². The Morgan fingerprint density at radius 2 is 2.06 bits per heavy atom. The molecule has 0 spiro atoms. The highest BCUT2D eigenvalue weighted by molar-refractivity contribution is 7.13. The third kappa shape index (κ3) is 2.51. The van der Waals surface area contributed by atoms with Gasteiger partial charge >= 0.3 is 0 Å². The van der Waals surface area contributed by atoms with Crippen LogP contribution in [0, 0.1) is 0 Å². The lowest BCUT2D eigenvalue weighted by atomic mass is 10.1. The lowest BCUT2D eigenvalue weighted by Gasteiger charge is -2.16. The van der Waals surface area contributed by atoms with Gasteiger partial charge in [0.1, 0.15) is 0 Å². The first kappa shape index (κ1) is 12.6. The standard InChI is InChI=1S/C13H15N3OS/c1-15(2)11-6-4-5-10(9-11)12(17)16(3)13-14-7-8-18-13/h4-9H,1-3H3. The van der Waals surface area contributed by atoms with Gasteiger partial charge < -0.3 is 4.90 Å². The van der Waals surface area contributed by atoms with Crippen molar-refractivity contribution in [2.24, 2.45) is 0 Å². The number of amides is 1. The van der Waals surface area contributed by atoms with Crippen molar-refractivity contribution in [1.29, 1.82) is 0 Å². The van der Waals surface area contributed by atoms with E-state index in [9.17, 15) is 4.79 Å². The number of thiazole rings is 1. The summed E-state index contributed by atoms with van der Waals surface area (Å²) in [5.74, 6) is -0.0475. The molecule has 2 aromatic rings. The summed E-state index contributed by atoms with van der Waals surface area (Å²) in [6, 6.07) is 7.56. The average Bonchev–Trinajstić information content (AvgIpc) is 2.91. The number of carbonyl (C=O) groups excluding carboxylic acids is 1. The molecule has 4 nitrogen and oxygen atoms in total. The zero-order valence-electron chi connectivity index (χ0n) is 10.6. The fraction of sp³-hybridized carbons (Fsp3) is 0.231. The minimum atomic E-state index is -0.0475. The molecule has 0 saturated heterocycles. The maximum Gasteiger partial charge on any atom is 0.259 e. The van der Waals surface area contributed by atoms with Crippen LogP contribution in [-0.4, -0.2) is 32.0 Å². The van der Waals surface area contributed by atoms with Crippen molar-refractivity contribution in [2.75, 3.05) is 30.9 Å². The Kier molecular flexibility index (Phi) is 3.62. The number of carbonyl (C=O) groups is 1. The van der Waals surface area contributed by atoms with E-state index in [1.807, 2.05) is 48.6 Å². The van der Waals surface area contributed by atoms with E-state index in [0.29, 0.717) is 10.7 Å². The molecule has 94 valence electrons. The molecule has 1 heterocycles. The second kappa shape index (κ2) is 5.18. The third-order valence-corrected chi connectivity index (χ3v) is 3.47. The van der Waals surface area contributed by atoms with Crippen LogP contribution >= 0.6 is 11.3 Å².